The summed E-state index contributed by atoms with van der Waals surface area (Å²) in [7, 11) is 0. The molecular formula is C34H38N2O12S. The SMILES string of the molecule is O=C(O)CCOCCOCCOCCOCCOCCNC(=S)Nc1ccc2c(c1)C(=O)OC21c2ccc(O)cc2Oc2cc(O)ccc21. The van der Waals surface area contributed by atoms with Crippen LogP contribution in [0.3, 0.4) is 0 Å². The van der Waals surface area contributed by atoms with Crippen molar-refractivity contribution in [2.24, 2.45) is 0 Å². The molecule has 0 radical (unpaired) electrons. The molecule has 15 heteroatoms. The number of hydrogen-bond donors (Lipinski definition) is 5. The van der Waals surface area contributed by atoms with Crippen molar-refractivity contribution >= 4 is 35.0 Å². The molecule has 49 heavy (non-hydrogen) atoms. The molecule has 0 bridgehead atoms. The van der Waals surface area contributed by atoms with E-state index in [0.717, 1.165) is 0 Å². The third-order valence-corrected chi connectivity index (χ3v) is 7.76. The number of carbonyl (C=O) groups is 2. The smallest absolute Gasteiger partial charge is 0.340 e. The summed E-state index contributed by atoms with van der Waals surface area (Å²) in [6.45, 7) is 4.21. The molecule has 2 aliphatic rings. The Morgan fingerprint density at radius 1 is 0.714 bits per heavy atom. The number of hydrogen-bond acceptors (Lipinski definition) is 12. The number of thiocarbonyl (C=S) groups is 1. The first-order valence-corrected chi connectivity index (χ1v) is 16.1. The summed E-state index contributed by atoms with van der Waals surface area (Å²) >= 11 is 5.43. The molecule has 0 fully saturated rings. The standard InChI is InChI=1S/C34H38N2O12S/c37-23-2-5-27-29(20-23)47-30-21-24(38)3-6-28(30)34(27)26-4-1-22(19-25(26)32(41)48-34)36-33(49)35-8-10-43-12-14-45-16-18-46-17-15-44-13-11-42-9-7-31(39)40/h1-6,19-21,37-38H,7-18H2,(H,39,40)(H2,35,36,49). The number of carbonyl (C=O) groups excluding carboxylic acids is 1. The molecule has 5 N–H and O–H groups in total. The number of ether oxygens (including phenoxy) is 7. The van der Waals surface area contributed by atoms with E-state index in [9.17, 15) is 19.8 Å². The van der Waals surface area contributed by atoms with E-state index in [1.54, 1.807) is 30.3 Å². The van der Waals surface area contributed by atoms with Gasteiger partial charge in [0.05, 0.1) is 78.1 Å². The monoisotopic (exact) mass is 698 g/mol. The van der Waals surface area contributed by atoms with Gasteiger partial charge < -0.3 is 59.1 Å². The Balaban J connectivity index is 0.996. The maximum atomic E-state index is 13.3. The molecule has 262 valence electrons. The molecule has 5 rings (SSSR count). The summed E-state index contributed by atoms with van der Waals surface area (Å²) in [5, 5.41) is 35.2. The molecule has 3 aromatic carbocycles. The van der Waals surface area contributed by atoms with Crippen LogP contribution in [0.15, 0.2) is 54.6 Å². The fraction of sp³-hybridized carbons (Fsp3) is 0.382. The Morgan fingerprint density at radius 3 is 1.78 bits per heavy atom. The van der Waals surface area contributed by atoms with Crippen LogP contribution in [0, 0.1) is 0 Å². The van der Waals surface area contributed by atoms with Gasteiger partial charge >= 0.3 is 11.9 Å². The van der Waals surface area contributed by atoms with Gasteiger partial charge in [0.1, 0.15) is 23.0 Å². The highest BCUT2D eigenvalue weighted by molar-refractivity contribution is 7.80. The summed E-state index contributed by atoms with van der Waals surface area (Å²) in [6.07, 6.45) is -0.0232. The number of benzene rings is 3. The fourth-order valence-electron chi connectivity index (χ4n) is 5.34. The van der Waals surface area contributed by atoms with E-state index >= 15 is 0 Å². The summed E-state index contributed by atoms with van der Waals surface area (Å²) in [5.74, 6) is -0.843. The van der Waals surface area contributed by atoms with E-state index in [4.69, 9.17) is 50.5 Å². The number of nitrogens with one attached hydrogen (secondary N) is 2. The second kappa shape index (κ2) is 17.2. The van der Waals surface area contributed by atoms with Crippen LogP contribution in [-0.2, 0) is 38.8 Å². The van der Waals surface area contributed by atoms with Crippen LogP contribution in [0.5, 0.6) is 23.0 Å². The van der Waals surface area contributed by atoms with Gasteiger partial charge in [-0.3, -0.25) is 4.79 Å². The molecule has 0 amide bonds. The summed E-state index contributed by atoms with van der Waals surface area (Å²) < 4.78 is 39.0. The lowest BCUT2D eigenvalue weighted by atomic mass is 9.77. The van der Waals surface area contributed by atoms with Crippen LogP contribution >= 0.6 is 12.2 Å². The molecule has 0 atom stereocenters. The van der Waals surface area contributed by atoms with Crippen molar-refractivity contribution in [3.05, 3.63) is 76.9 Å². The van der Waals surface area contributed by atoms with Crippen molar-refractivity contribution in [2.75, 3.05) is 77.9 Å². The molecule has 0 aromatic heterocycles. The predicted molar refractivity (Wildman–Crippen MR) is 179 cm³/mol. The minimum atomic E-state index is -1.33. The third-order valence-electron chi connectivity index (χ3n) is 7.51. The Morgan fingerprint density at radius 2 is 1.22 bits per heavy atom. The molecule has 0 saturated carbocycles. The minimum Gasteiger partial charge on any atom is -0.508 e. The van der Waals surface area contributed by atoms with Gasteiger partial charge in [0.2, 0.25) is 0 Å². The quantitative estimate of drug-likeness (QED) is 0.0696. The van der Waals surface area contributed by atoms with Gasteiger partial charge in [-0.2, -0.15) is 0 Å². The highest BCUT2D eigenvalue weighted by Gasteiger charge is 2.53. The maximum Gasteiger partial charge on any atom is 0.340 e. The summed E-state index contributed by atoms with van der Waals surface area (Å²) in [4.78, 5) is 23.7. The largest absolute Gasteiger partial charge is 0.508 e. The molecule has 14 nitrogen and oxygen atoms in total. The fourth-order valence-corrected chi connectivity index (χ4v) is 5.56. The van der Waals surface area contributed by atoms with Gasteiger partial charge in [0, 0.05) is 41.1 Å². The summed E-state index contributed by atoms with van der Waals surface area (Å²) in [5.41, 5.74) is 1.27. The van der Waals surface area contributed by atoms with E-state index in [1.165, 1.54) is 24.3 Å². The zero-order valence-corrected chi connectivity index (χ0v) is 27.4. The first-order valence-electron chi connectivity index (χ1n) is 15.7. The maximum absolute atomic E-state index is 13.3. The van der Waals surface area contributed by atoms with Crippen LogP contribution in [-0.4, -0.2) is 105 Å². The first-order chi connectivity index (χ1) is 23.8. The number of carboxylic acids is 1. The van der Waals surface area contributed by atoms with Crippen LogP contribution < -0.4 is 15.4 Å². The Hall–Kier alpha value is -4.51. The highest BCUT2D eigenvalue weighted by atomic mass is 32.1. The normalized spacial score (nSPS) is 13.6. The predicted octanol–water partition coefficient (Wildman–Crippen LogP) is 3.51. The lowest BCUT2D eigenvalue weighted by Gasteiger charge is -2.36. The average Bonchev–Trinajstić information content (AvgIpc) is 3.35. The molecule has 0 unspecified atom stereocenters. The van der Waals surface area contributed by atoms with Gasteiger partial charge in [0.15, 0.2) is 10.7 Å². The van der Waals surface area contributed by atoms with Crippen molar-refractivity contribution in [1.29, 1.82) is 0 Å². The number of phenolic OH excluding ortho intramolecular Hbond substituents is 2. The van der Waals surface area contributed by atoms with E-state index < -0.39 is 17.5 Å². The number of fused-ring (bicyclic) bond motifs is 6. The van der Waals surface area contributed by atoms with E-state index in [1.807, 2.05) is 0 Å². The van der Waals surface area contributed by atoms with Crippen molar-refractivity contribution in [3.63, 3.8) is 0 Å². The molecule has 0 aliphatic carbocycles. The van der Waals surface area contributed by atoms with E-state index in [2.05, 4.69) is 10.6 Å². The molecular weight excluding hydrogens is 660 g/mol. The van der Waals surface area contributed by atoms with Crippen LogP contribution in [0.1, 0.15) is 33.5 Å². The third kappa shape index (κ3) is 9.14. The lowest BCUT2D eigenvalue weighted by molar-refractivity contribution is -0.138. The zero-order chi connectivity index (χ0) is 34.6. The molecule has 2 heterocycles. The number of carboxylic acid groups (broad SMARTS) is 1. The molecule has 1 spiro atoms. The van der Waals surface area contributed by atoms with Crippen molar-refractivity contribution in [2.45, 2.75) is 12.0 Å². The van der Waals surface area contributed by atoms with Gasteiger partial charge in [-0.25, -0.2) is 4.79 Å². The van der Waals surface area contributed by atoms with Crippen molar-refractivity contribution in [1.82, 2.24) is 5.32 Å². The Kier molecular flexibility index (Phi) is 12.6. The Labute approximate surface area is 287 Å². The van der Waals surface area contributed by atoms with E-state index in [0.29, 0.717) is 111 Å². The van der Waals surface area contributed by atoms with Gasteiger partial charge in [0.25, 0.3) is 0 Å². The van der Waals surface area contributed by atoms with Gasteiger partial charge in [-0.1, -0.05) is 6.07 Å². The number of aliphatic carboxylic acids is 1. The summed E-state index contributed by atoms with van der Waals surface area (Å²) in [6, 6.07) is 14.5. The lowest BCUT2D eigenvalue weighted by Crippen LogP contribution is -2.33. The van der Waals surface area contributed by atoms with Crippen LogP contribution in [0.2, 0.25) is 0 Å². The number of rotatable bonds is 19. The molecule has 0 saturated heterocycles. The second-order valence-electron chi connectivity index (χ2n) is 10.9. The van der Waals surface area contributed by atoms with Crippen LogP contribution in [0.25, 0.3) is 0 Å². The zero-order valence-electron chi connectivity index (χ0n) is 26.6. The first kappa shape index (κ1) is 35.8. The number of aromatic hydroxyl groups is 2. The topological polar surface area (TPSA) is 183 Å². The van der Waals surface area contributed by atoms with Crippen molar-refractivity contribution in [3.8, 4) is 23.0 Å². The second-order valence-corrected chi connectivity index (χ2v) is 11.3. The molecule has 3 aromatic rings. The van der Waals surface area contributed by atoms with Gasteiger partial charge in [-0.15, -0.1) is 0 Å². The average molecular weight is 699 g/mol. The number of esters is 1. The minimum absolute atomic E-state index is 0.0149. The van der Waals surface area contributed by atoms with Gasteiger partial charge in [-0.05, 0) is 48.6 Å². The Bertz CT molecular complexity index is 1580. The van der Waals surface area contributed by atoms with E-state index in [-0.39, 0.29) is 24.5 Å². The van der Waals surface area contributed by atoms with Crippen LogP contribution in [0.4, 0.5) is 5.69 Å². The van der Waals surface area contributed by atoms with Crippen molar-refractivity contribution < 1.29 is 58.1 Å². The number of anilines is 1. The molecule has 2 aliphatic heterocycles. The number of phenols is 2. The highest BCUT2D eigenvalue weighted by Crippen LogP contribution is 2.57.